The maximum atomic E-state index is 9.56. The van der Waals surface area contributed by atoms with Gasteiger partial charge in [0.2, 0.25) is 0 Å². The van der Waals surface area contributed by atoms with Crippen molar-refractivity contribution in [2.45, 2.75) is 0 Å². The van der Waals surface area contributed by atoms with Gasteiger partial charge in [0.25, 0.3) is 3.79 Å². The van der Waals surface area contributed by atoms with Crippen molar-refractivity contribution in [2.75, 3.05) is 0 Å². The molecule has 5 heavy (non-hydrogen) atoms. The van der Waals surface area contributed by atoms with E-state index in [0.717, 1.165) is 0 Å². The van der Waals surface area contributed by atoms with Gasteiger partial charge in [-0.1, -0.05) is 0 Å². The quantitative estimate of drug-likeness (QED) is 0.302. The highest BCUT2D eigenvalue weighted by atomic mass is 127. The normalized spacial score (nSPS) is 5.60. The Morgan fingerprint density at radius 3 is 2.20 bits per heavy atom. The molecule has 0 aliphatic rings. The van der Waals surface area contributed by atoms with E-state index in [4.69, 9.17) is 0 Å². The molecule has 0 aromatic rings. The van der Waals surface area contributed by atoms with Crippen molar-refractivity contribution < 1.29 is 4.79 Å². The number of hydrogen-bond donors (Lipinski definition) is 0. The van der Waals surface area contributed by atoms with Gasteiger partial charge in [0, 0.05) is 22.6 Å². The number of halogens is 1. The Kier molecular flexibility index (Phi) is 2.19. The van der Waals surface area contributed by atoms with E-state index >= 15 is 0 Å². The molecule has 0 spiro atoms. The van der Waals surface area contributed by atoms with E-state index in [0.29, 0.717) is 0 Å². The van der Waals surface area contributed by atoms with E-state index in [1.807, 2.05) is 5.92 Å². The summed E-state index contributed by atoms with van der Waals surface area (Å²) in [5, 5.41) is 0. The predicted octanol–water partition coefficient (Wildman–Crippen LogP) is 0.581. The smallest absolute Gasteiger partial charge is 0.264 e. The zero-order chi connectivity index (χ0) is 4.28. The second kappa shape index (κ2) is 2.21. The summed E-state index contributed by atoms with van der Waals surface area (Å²) in [6, 6.07) is 0. The second-order valence-electron chi connectivity index (χ2n) is 0.418. The van der Waals surface area contributed by atoms with Gasteiger partial charge in [-0.2, -0.15) is 0 Å². The topological polar surface area (TPSA) is 17.1 Å². The second-order valence-corrected chi connectivity index (χ2v) is 1.40. The minimum absolute atomic E-state index is 0.248. The van der Waals surface area contributed by atoms with E-state index in [-0.39, 0.29) is 3.79 Å². The summed E-state index contributed by atoms with van der Waals surface area (Å²) < 4.78 is -0.248. The molecule has 0 unspecified atom stereocenters. The van der Waals surface area contributed by atoms with Gasteiger partial charge in [0.15, 0.2) is 0 Å². The molecule has 0 saturated carbocycles. The third-order valence-corrected chi connectivity index (χ3v) is 0.425. The van der Waals surface area contributed by atoms with Crippen molar-refractivity contribution in [1.82, 2.24) is 0 Å². The Labute approximate surface area is 43.9 Å². The molecule has 1 nitrogen and oxygen atoms in total. The molecule has 0 atom stereocenters. The molecule has 0 aliphatic heterocycles. The van der Waals surface area contributed by atoms with Crippen molar-refractivity contribution in [2.24, 2.45) is 0 Å². The fourth-order valence-corrected chi connectivity index (χ4v) is 0. The minimum atomic E-state index is -0.248. The van der Waals surface area contributed by atoms with Crippen LogP contribution in [0.15, 0.2) is 0 Å². The molecule has 2 heteroatoms. The van der Waals surface area contributed by atoms with Gasteiger partial charge < -0.3 is 0 Å². The minimum Gasteiger partial charge on any atom is -0.273 e. The fourth-order valence-electron chi connectivity index (χ4n) is 0. The number of hydrogen-bond acceptors (Lipinski definition) is 1. The van der Waals surface area contributed by atoms with Crippen molar-refractivity contribution in [3.8, 4) is 12.3 Å². The Hall–Kier alpha value is -0.0400. The average Bonchev–Trinajstić information content (AvgIpc) is 1.38. The van der Waals surface area contributed by atoms with Crippen LogP contribution in [0.4, 0.5) is 0 Å². The van der Waals surface area contributed by atoms with Gasteiger partial charge in [0.1, 0.15) is 0 Å². The average molecular weight is 180 g/mol. The lowest BCUT2D eigenvalue weighted by Crippen LogP contribution is -1.67. The van der Waals surface area contributed by atoms with Crippen LogP contribution in [0.1, 0.15) is 0 Å². The SMILES string of the molecule is C#CC(=O)I. The summed E-state index contributed by atoms with van der Waals surface area (Å²) in [6.07, 6.45) is 4.56. The van der Waals surface area contributed by atoms with Crippen LogP contribution in [0.2, 0.25) is 0 Å². The lowest BCUT2D eigenvalue weighted by atomic mass is 10.8. The maximum absolute atomic E-state index is 9.56. The number of carbonyl (C=O) groups is 1. The Balaban J connectivity index is 3.35. The van der Waals surface area contributed by atoms with Crippen molar-refractivity contribution in [3.63, 3.8) is 0 Å². The van der Waals surface area contributed by atoms with E-state index in [1.54, 1.807) is 0 Å². The molecule has 0 radical (unpaired) electrons. The Morgan fingerprint density at radius 2 is 2.20 bits per heavy atom. The molecule has 0 aromatic carbocycles. The third-order valence-electron chi connectivity index (χ3n) is 0.113. The van der Waals surface area contributed by atoms with Crippen LogP contribution in [0.5, 0.6) is 0 Å². The number of rotatable bonds is 0. The molecule has 0 aliphatic carbocycles. The first-order valence-corrected chi connectivity index (χ1v) is 2.01. The molecular formula is C3HIO. The highest BCUT2D eigenvalue weighted by Gasteiger charge is 1.73. The molecule has 0 amide bonds. The first kappa shape index (κ1) is 4.96. The Morgan fingerprint density at radius 1 is 2.00 bits per heavy atom. The van der Waals surface area contributed by atoms with Crippen molar-refractivity contribution >= 4 is 26.4 Å². The van der Waals surface area contributed by atoms with Crippen LogP contribution in [0.3, 0.4) is 0 Å². The van der Waals surface area contributed by atoms with Crippen molar-refractivity contribution in [3.05, 3.63) is 0 Å². The Bertz CT molecular complexity index is 79.4. The highest BCUT2D eigenvalue weighted by Crippen LogP contribution is 1.76. The molecule has 0 bridgehead atoms. The number of carbonyl (C=O) groups excluding carboxylic acids is 1. The maximum Gasteiger partial charge on any atom is 0.264 e. The summed E-state index contributed by atoms with van der Waals surface area (Å²) in [6.45, 7) is 0. The fraction of sp³-hybridized carbons (Fsp3) is 0. The van der Waals surface area contributed by atoms with Crippen LogP contribution < -0.4 is 0 Å². The van der Waals surface area contributed by atoms with Gasteiger partial charge >= 0.3 is 0 Å². The molecule has 0 heterocycles. The zero-order valence-corrected chi connectivity index (χ0v) is 4.52. The van der Waals surface area contributed by atoms with Crippen LogP contribution in [-0.2, 0) is 4.79 Å². The zero-order valence-electron chi connectivity index (χ0n) is 2.36. The van der Waals surface area contributed by atoms with Gasteiger partial charge in [0.05, 0.1) is 0 Å². The van der Waals surface area contributed by atoms with Crippen LogP contribution in [0.25, 0.3) is 0 Å². The summed E-state index contributed by atoms with van der Waals surface area (Å²) in [4.78, 5) is 9.56. The van der Waals surface area contributed by atoms with Crippen LogP contribution >= 0.6 is 22.6 Å². The highest BCUT2D eigenvalue weighted by molar-refractivity contribution is 14.1. The molecule has 0 rings (SSSR count). The lowest BCUT2D eigenvalue weighted by Gasteiger charge is -1.54. The van der Waals surface area contributed by atoms with E-state index in [2.05, 4.69) is 6.42 Å². The van der Waals surface area contributed by atoms with Crippen LogP contribution in [0, 0.1) is 12.3 Å². The summed E-state index contributed by atoms with van der Waals surface area (Å²) in [7, 11) is 0. The number of terminal acetylenes is 1. The largest absolute Gasteiger partial charge is 0.273 e. The summed E-state index contributed by atoms with van der Waals surface area (Å²) in [5.41, 5.74) is 0. The monoisotopic (exact) mass is 180 g/mol. The van der Waals surface area contributed by atoms with Gasteiger partial charge in [-0.15, -0.1) is 6.42 Å². The first-order chi connectivity index (χ1) is 2.27. The van der Waals surface area contributed by atoms with E-state index < -0.39 is 0 Å². The molecule has 0 fully saturated rings. The lowest BCUT2D eigenvalue weighted by molar-refractivity contribution is -0.104. The molecule has 0 N–H and O–H groups in total. The summed E-state index contributed by atoms with van der Waals surface area (Å²) >= 11 is 1.53. The molecular weight excluding hydrogens is 179 g/mol. The molecule has 0 saturated heterocycles. The van der Waals surface area contributed by atoms with Gasteiger partial charge in [-0.05, 0) is 5.92 Å². The van der Waals surface area contributed by atoms with E-state index in [1.165, 1.54) is 22.6 Å². The third kappa shape index (κ3) is 3.96. The predicted molar refractivity (Wildman–Crippen MR) is 27.9 cm³/mol. The standard InChI is InChI=1S/C3HIO/c1-2-3(4)5/h1H. The van der Waals surface area contributed by atoms with Gasteiger partial charge in [-0.25, -0.2) is 0 Å². The van der Waals surface area contributed by atoms with Crippen molar-refractivity contribution in [1.29, 1.82) is 0 Å². The van der Waals surface area contributed by atoms with Gasteiger partial charge in [-0.3, -0.25) is 4.79 Å². The van der Waals surface area contributed by atoms with Crippen LogP contribution in [-0.4, -0.2) is 3.79 Å². The first-order valence-electron chi connectivity index (χ1n) is 0.932. The molecule has 0 aromatic heterocycles. The molecule has 26 valence electrons. The van der Waals surface area contributed by atoms with E-state index in [9.17, 15) is 4.79 Å². The summed E-state index contributed by atoms with van der Waals surface area (Å²) in [5.74, 6) is 1.88.